The van der Waals surface area contributed by atoms with Gasteiger partial charge < -0.3 is 15.3 Å². The van der Waals surface area contributed by atoms with Gasteiger partial charge in [0.05, 0.1) is 12.4 Å². The SMILES string of the molecule is CCC(NS(=O)(=O)c1c(N)ncn1C)c1ncc[nH]1. The van der Waals surface area contributed by atoms with Crippen molar-refractivity contribution in [2.45, 2.75) is 24.4 Å². The van der Waals surface area contributed by atoms with Crippen LogP contribution in [0.15, 0.2) is 23.7 Å². The van der Waals surface area contributed by atoms with E-state index in [1.807, 2.05) is 6.92 Å². The van der Waals surface area contributed by atoms with Crippen molar-refractivity contribution in [3.8, 4) is 0 Å². The molecule has 0 aliphatic carbocycles. The number of H-pyrrole nitrogens is 1. The van der Waals surface area contributed by atoms with Gasteiger partial charge in [0, 0.05) is 19.4 Å². The van der Waals surface area contributed by atoms with E-state index < -0.39 is 16.1 Å². The van der Waals surface area contributed by atoms with Gasteiger partial charge >= 0.3 is 0 Å². The lowest BCUT2D eigenvalue weighted by Crippen LogP contribution is -2.30. The van der Waals surface area contributed by atoms with Crippen LogP contribution in [0, 0.1) is 0 Å². The van der Waals surface area contributed by atoms with Crippen molar-refractivity contribution in [3.63, 3.8) is 0 Å². The molecule has 8 nitrogen and oxygen atoms in total. The lowest BCUT2D eigenvalue weighted by atomic mass is 10.2. The Kier molecular flexibility index (Phi) is 3.58. The minimum Gasteiger partial charge on any atom is -0.381 e. The number of aromatic nitrogens is 4. The van der Waals surface area contributed by atoms with Crippen molar-refractivity contribution in [1.82, 2.24) is 24.2 Å². The van der Waals surface area contributed by atoms with E-state index in [2.05, 4.69) is 19.7 Å². The van der Waals surface area contributed by atoms with Crippen LogP contribution in [-0.2, 0) is 17.1 Å². The Balaban J connectivity index is 2.31. The lowest BCUT2D eigenvalue weighted by molar-refractivity contribution is 0.532. The predicted octanol–water partition coefficient (Wildman–Crippen LogP) is 0.155. The molecule has 0 aromatic carbocycles. The fraction of sp³-hybridized carbons (Fsp3) is 0.400. The minimum atomic E-state index is -3.75. The van der Waals surface area contributed by atoms with E-state index in [0.29, 0.717) is 12.2 Å². The van der Waals surface area contributed by atoms with Crippen LogP contribution >= 0.6 is 0 Å². The van der Waals surface area contributed by atoms with Crippen LogP contribution in [0.5, 0.6) is 0 Å². The smallest absolute Gasteiger partial charge is 0.260 e. The maximum Gasteiger partial charge on any atom is 0.260 e. The van der Waals surface area contributed by atoms with Gasteiger partial charge in [0.15, 0.2) is 10.8 Å². The molecule has 1 unspecified atom stereocenters. The van der Waals surface area contributed by atoms with Crippen LogP contribution in [0.25, 0.3) is 0 Å². The highest BCUT2D eigenvalue weighted by molar-refractivity contribution is 7.89. The normalized spacial score (nSPS) is 13.6. The van der Waals surface area contributed by atoms with Gasteiger partial charge in [-0.1, -0.05) is 6.92 Å². The molecule has 0 spiro atoms. The second-order valence-corrected chi connectivity index (χ2v) is 5.73. The van der Waals surface area contributed by atoms with E-state index in [0.717, 1.165) is 0 Å². The zero-order chi connectivity index (χ0) is 14.0. The zero-order valence-electron chi connectivity index (χ0n) is 10.7. The average Bonchev–Trinajstić information content (AvgIpc) is 2.96. The van der Waals surface area contributed by atoms with Crippen LogP contribution in [0.3, 0.4) is 0 Å². The highest BCUT2D eigenvalue weighted by Crippen LogP contribution is 2.20. The molecule has 19 heavy (non-hydrogen) atoms. The second kappa shape index (κ2) is 5.02. The van der Waals surface area contributed by atoms with Gasteiger partial charge in [-0.15, -0.1) is 0 Å². The van der Waals surface area contributed by atoms with Gasteiger partial charge in [-0.3, -0.25) is 0 Å². The van der Waals surface area contributed by atoms with Crippen LogP contribution in [0.1, 0.15) is 25.2 Å². The van der Waals surface area contributed by atoms with E-state index >= 15 is 0 Å². The Hall–Kier alpha value is -1.87. The number of nitrogens with two attached hydrogens (primary N) is 1. The summed E-state index contributed by atoms with van der Waals surface area (Å²) in [7, 11) is -2.18. The summed E-state index contributed by atoms with van der Waals surface area (Å²) in [6.45, 7) is 1.86. The fourth-order valence-electron chi connectivity index (χ4n) is 1.81. The van der Waals surface area contributed by atoms with Gasteiger partial charge in [0.2, 0.25) is 0 Å². The minimum absolute atomic E-state index is 0.0238. The first kappa shape index (κ1) is 13.6. The second-order valence-electron chi connectivity index (χ2n) is 4.10. The number of rotatable bonds is 5. The maximum atomic E-state index is 12.3. The van der Waals surface area contributed by atoms with E-state index in [1.54, 1.807) is 19.4 Å². The van der Waals surface area contributed by atoms with Gasteiger partial charge in [-0.25, -0.2) is 18.4 Å². The number of imidazole rings is 2. The summed E-state index contributed by atoms with van der Waals surface area (Å²) < 4.78 is 28.5. The topological polar surface area (TPSA) is 119 Å². The molecule has 2 heterocycles. The molecule has 1 atom stereocenters. The molecule has 104 valence electrons. The summed E-state index contributed by atoms with van der Waals surface area (Å²) in [5.74, 6) is 0.538. The molecule has 2 rings (SSSR count). The summed E-state index contributed by atoms with van der Waals surface area (Å²) in [6.07, 6.45) is 5.14. The highest BCUT2D eigenvalue weighted by Gasteiger charge is 2.26. The molecule has 0 saturated heterocycles. The van der Waals surface area contributed by atoms with Crippen LogP contribution in [0.4, 0.5) is 5.82 Å². The van der Waals surface area contributed by atoms with E-state index in [9.17, 15) is 8.42 Å². The van der Waals surface area contributed by atoms with Crippen molar-refractivity contribution in [2.75, 3.05) is 5.73 Å². The molecule has 4 N–H and O–H groups in total. The van der Waals surface area contributed by atoms with Crippen molar-refractivity contribution in [2.24, 2.45) is 7.05 Å². The number of sulfonamides is 1. The molecule has 0 bridgehead atoms. The Labute approximate surface area is 111 Å². The fourth-order valence-corrected chi connectivity index (χ4v) is 3.33. The first-order valence-electron chi connectivity index (χ1n) is 5.74. The zero-order valence-corrected chi connectivity index (χ0v) is 11.5. The van der Waals surface area contributed by atoms with Crippen molar-refractivity contribution in [1.29, 1.82) is 0 Å². The van der Waals surface area contributed by atoms with Gasteiger partial charge in [0.1, 0.15) is 5.82 Å². The predicted molar refractivity (Wildman–Crippen MR) is 69.6 cm³/mol. The van der Waals surface area contributed by atoms with Crippen molar-refractivity contribution in [3.05, 3.63) is 24.5 Å². The molecule has 0 aliphatic heterocycles. The summed E-state index contributed by atoms with van der Waals surface area (Å²) in [5.41, 5.74) is 5.59. The third-order valence-corrected chi connectivity index (χ3v) is 4.32. The summed E-state index contributed by atoms with van der Waals surface area (Å²) in [6, 6.07) is -0.436. The van der Waals surface area contributed by atoms with Crippen molar-refractivity contribution >= 4 is 15.8 Å². The third kappa shape index (κ3) is 2.61. The average molecular weight is 284 g/mol. The number of aryl methyl sites for hydroxylation is 1. The number of hydrogen-bond acceptors (Lipinski definition) is 5. The molecular formula is C10H16N6O2S. The van der Waals surface area contributed by atoms with Crippen molar-refractivity contribution < 1.29 is 8.42 Å². The van der Waals surface area contributed by atoms with Crippen LogP contribution < -0.4 is 10.5 Å². The summed E-state index contributed by atoms with van der Waals surface area (Å²) in [5, 5.41) is -0.0440. The van der Waals surface area contributed by atoms with Crippen LogP contribution in [-0.4, -0.2) is 27.9 Å². The Bertz CT molecular complexity index is 626. The standard InChI is InChI=1S/C10H16N6O2S/c1-3-7(9-12-4-5-13-9)15-19(17,18)10-8(11)14-6-16(10)2/h4-7,15H,3,11H2,1-2H3,(H,12,13). The summed E-state index contributed by atoms with van der Waals surface area (Å²) in [4.78, 5) is 10.7. The number of nitrogens with one attached hydrogen (secondary N) is 2. The van der Waals surface area contributed by atoms with Gasteiger partial charge in [0.25, 0.3) is 10.0 Å². The molecule has 2 aromatic rings. The van der Waals surface area contributed by atoms with E-state index in [-0.39, 0.29) is 10.8 Å². The Morgan fingerprint density at radius 1 is 1.53 bits per heavy atom. The van der Waals surface area contributed by atoms with E-state index in [1.165, 1.54) is 10.9 Å². The number of aromatic amines is 1. The Morgan fingerprint density at radius 3 is 2.74 bits per heavy atom. The van der Waals surface area contributed by atoms with Gasteiger partial charge in [-0.2, -0.15) is 4.72 Å². The largest absolute Gasteiger partial charge is 0.381 e. The third-order valence-electron chi connectivity index (χ3n) is 2.72. The molecule has 2 aromatic heterocycles. The molecular weight excluding hydrogens is 268 g/mol. The first-order valence-corrected chi connectivity index (χ1v) is 7.22. The lowest BCUT2D eigenvalue weighted by Gasteiger charge is -2.15. The first-order chi connectivity index (χ1) is 8.95. The molecule has 0 fully saturated rings. The monoisotopic (exact) mass is 284 g/mol. The maximum absolute atomic E-state index is 12.3. The van der Waals surface area contributed by atoms with E-state index in [4.69, 9.17) is 5.73 Å². The molecule has 0 aliphatic rings. The molecule has 9 heteroatoms. The quantitative estimate of drug-likeness (QED) is 0.722. The number of hydrogen-bond donors (Lipinski definition) is 3. The Morgan fingerprint density at radius 2 is 2.26 bits per heavy atom. The highest BCUT2D eigenvalue weighted by atomic mass is 32.2. The van der Waals surface area contributed by atoms with Crippen LogP contribution in [0.2, 0.25) is 0 Å². The number of nitrogens with zero attached hydrogens (tertiary/aromatic N) is 3. The number of anilines is 1. The summed E-state index contributed by atoms with van der Waals surface area (Å²) >= 11 is 0. The van der Waals surface area contributed by atoms with Gasteiger partial charge in [-0.05, 0) is 6.42 Å². The molecule has 0 radical (unpaired) electrons. The number of nitrogen functional groups attached to an aromatic ring is 1. The molecule has 0 amide bonds. The molecule has 0 saturated carbocycles.